The summed E-state index contributed by atoms with van der Waals surface area (Å²) in [6.45, 7) is 0.774. The smallest absolute Gasteiger partial charge is 0.379 e. The average molecular weight is 468 g/mol. The summed E-state index contributed by atoms with van der Waals surface area (Å²) in [4.78, 5) is 12.6. The number of benzene rings is 2. The molecule has 0 bridgehead atoms. The first-order valence-corrected chi connectivity index (χ1v) is 10.2. The maximum absolute atomic E-state index is 12.6. The third kappa shape index (κ3) is 3.85. The van der Waals surface area contributed by atoms with E-state index in [2.05, 4.69) is 10.6 Å². The van der Waals surface area contributed by atoms with Gasteiger partial charge in [0.05, 0.1) is 38.5 Å². The highest BCUT2D eigenvalue weighted by molar-refractivity contribution is 5.96. The van der Waals surface area contributed by atoms with Crippen LogP contribution in [0.1, 0.15) is 16.1 Å². The number of esters is 1. The fraction of sp³-hybridized carbons (Fsp3) is 0.200. The van der Waals surface area contributed by atoms with Gasteiger partial charge in [0.15, 0.2) is 35.7 Å². The normalized spacial score (nSPS) is 11.7. The Kier molecular flexibility index (Phi) is 6.16. The molecule has 5 rings (SSSR count). The van der Waals surface area contributed by atoms with Crippen molar-refractivity contribution in [3.63, 3.8) is 0 Å². The van der Waals surface area contributed by atoms with Crippen LogP contribution in [0.3, 0.4) is 0 Å². The van der Waals surface area contributed by atoms with Crippen molar-refractivity contribution in [3.8, 4) is 34.3 Å². The quantitative estimate of drug-likeness (QED) is 0.249. The van der Waals surface area contributed by atoms with Crippen molar-refractivity contribution >= 4 is 16.7 Å². The Hall–Kier alpha value is -3.71. The molecule has 0 atom stereocenters. The number of nitrogens with zero attached hydrogens (tertiary/aromatic N) is 1. The number of hydrogen-bond acceptors (Lipinski definition) is 6. The molecule has 0 spiro atoms. The minimum Gasteiger partial charge on any atom is -1.00 e. The van der Waals surface area contributed by atoms with Crippen LogP contribution in [-0.2, 0) is 13.0 Å². The molecule has 1 aliphatic rings. The van der Waals surface area contributed by atoms with Gasteiger partial charge in [-0.15, -0.1) is 0 Å². The summed E-state index contributed by atoms with van der Waals surface area (Å²) in [6, 6.07) is 13.1. The van der Waals surface area contributed by atoms with Gasteiger partial charge >= 0.3 is 5.97 Å². The zero-order chi connectivity index (χ0) is 22.2. The number of pyridine rings is 1. The van der Waals surface area contributed by atoms with Gasteiger partial charge in [0.25, 0.3) is 0 Å². The second-order valence-corrected chi connectivity index (χ2v) is 7.43. The van der Waals surface area contributed by atoms with Crippen LogP contribution in [0.25, 0.3) is 22.0 Å². The Morgan fingerprint density at radius 1 is 0.970 bits per heavy atom. The third-order valence-electron chi connectivity index (χ3n) is 5.72. The number of halogens is 1. The van der Waals surface area contributed by atoms with Crippen LogP contribution in [0.5, 0.6) is 23.0 Å². The Balaban J connectivity index is 0.00000259. The SMILES string of the molecule is COc1cc2c(cc1OC)-c1cc3ccc(OC)c(OC(=O)c4ccco4)c3c[n+]1CC2.[Cl-]. The number of fused-ring (bicyclic) bond motifs is 4. The van der Waals surface area contributed by atoms with Gasteiger partial charge in [-0.25, -0.2) is 4.79 Å². The first kappa shape index (κ1) is 22.5. The number of carbonyl (C=O) groups is 1. The number of aromatic nitrogens is 1. The van der Waals surface area contributed by atoms with Crippen molar-refractivity contribution in [1.29, 1.82) is 0 Å². The molecule has 0 amide bonds. The predicted octanol–water partition coefficient (Wildman–Crippen LogP) is 1.19. The first-order valence-electron chi connectivity index (χ1n) is 10.2. The molecule has 4 aromatic rings. The van der Waals surface area contributed by atoms with Crippen molar-refractivity contribution in [2.24, 2.45) is 0 Å². The molecule has 1 aliphatic heterocycles. The van der Waals surface area contributed by atoms with Crippen LogP contribution in [0.2, 0.25) is 0 Å². The summed E-state index contributed by atoms with van der Waals surface area (Å²) < 4.78 is 29.5. The van der Waals surface area contributed by atoms with Gasteiger partial charge in [-0.3, -0.25) is 0 Å². The lowest BCUT2D eigenvalue weighted by atomic mass is 9.95. The molecule has 0 unspecified atom stereocenters. The number of carbonyl (C=O) groups excluding carboxylic acids is 1. The number of rotatable bonds is 5. The monoisotopic (exact) mass is 467 g/mol. The van der Waals surface area contributed by atoms with Crippen molar-refractivity contribution in [2.75, 3.05) is 21.3 Å². The van der Waals surface area contributed by atoms with Gasteiger partial charge in [0, 0.05) is 12.5 Å². The van der Waals surface area contributed by atoms with E-state index in [-0.39, 0.29) is 18.2 Å². The lowest BCUT2D eigenvalue weighted by Gasteiger charge is -2.19. The Morgan fingerprint density at radius 2 is 1.73 bits per heavy atom. The van der Waals surface area contributed by atoms with Crippen molar-refractivity contribution in [2.45, 2.75) is 13.0 Å². The Morgan fingerprint density at radius 3 is 2.42 bits per heavy atom. The van der Waals surface area contributed by atoms with E-state index in [0.717, 1.165) is 40.7 Å². The molecule has 7 nitrogen and oxygen atoms in total. The molecule has 0 aliphatic carbocycles. The molecule has 0 saturated carbocycles. The van der Waals surface area contributed by atoms with Crippen LogP contribution in [-0.4, -0.2) is 27.3 Å². The molecule has 33 heavy (non-hydrogen) atoms. The fourth-order valence-electron chi connectivity index (χ4n) is 4.14. The number of furan rings is 1. The molecule has 0 N–H and O–H groups in total. The summed E-state index contributed by atoms with van der Waals surface area (Å²) >= 11 is 0. The predicted molar refractivity (Wildman–Crippen MR) is 117 cm³/mol. The Labute approximate surface area is 196 Å². The van der Waals surface area contributed by atoms with Crippen LogP contribution in [0.4, 0.5) is 0 Å². The highest BCUT2D eigenvalue weighted by Gasteiger charge is 2.28. The first-order chi connectivity index (χ1) is 15.6. The second kappa shape index (κ2) is 9.03. The van der Waals surface area contributed by atoms with E-state index in [1.165, 1.54) is 11.8 Å². The molecule has 0 radical (unpaired) electrons. The maximum atomic E-state index is 12.6. The highest BCUT2D eigenvalue weighted by Crippen LogP contribution is 2.40. The molecule has 170 valence electrons. The molecular formula is C25H22ClNO6. The van der Waals surface area contributed by atoms with Crippen molar-refractivity contribution in [1.82, 2.24) is 0 Å². The third-order valence-corrected chi connectivity index (χ3v) is 5.72. The number of methoxy groups -OCH3 is 3. The van der Waals surface area contributed by atoms with E-state index in [4.69, 9.17) is 23.4 Å². The van der Waals surface area contributed by atoms with Crippen LogP contribution >= 0.6 is 0 Å². The van der Waals surface area contributed by atoms with E-state index >= 15 is 0 Å². The zero-order valence-electron chi connectivity index (χ0n) is 18.4. The van der Waals surface area contributed by atoms with Gasteiger partial charge in [0.1, 0.15) is 0 Å². The average Bonchev–Trinajstić information content (AvgIpc) is 3.37. The molecule has 2 aromatic carbocycles. The standard InChI is InChI=1S/C25H22NO6.ClH/c1-28-20-7-6-15-11-19-17-13-23(30-3)22(29-2)12-16(17)8-9-26(19)14-18(15)24(20)32-25(27)21-5-4-10-31-21;/h4-7,10-14H,8-9H2,1-3H3;1H/q+1;/p-1. The van der Waals surface area contributed by atoms with E-state index in [1.54, 1.807) is 39.5 Å². The van der Waals surface area contributed by atoms with Crippen LogP contribution < -0.4 is 35.9 Å². The molecule has 0 fully saturated rings. The van der Waals surface area contributed by atoms with Crippen LogP contribution in [0, 0.1) is 0 Å². The van der Waals surface area contributed by atoms with Gasteiger partial charge in [-0.2, -0.15) is 4.57 Å². The number of hydrogen-bond donors (Lipinski definition) is 0. The minimum absolute atomic E-state index is 0. The van der Waals surface area contributed by atoms with E-state index in [9.17, 15) is 4.79 Å². The van der Waals surface area contributed by atoms with E-state index < -0.39 is 5.97 Å². The summed E-state index contributed by atoms with van der Waals surface area (Å²) in [5.74, 6) is 1.79. The van der Waals surface area contributed by atoms with Crippen molar-refractivity contribution in [3.05, 3.63) is 66.2 Å². The minimum atomic E-state index is -0.578. The van der Waals surface area contributed by atoms with Gasteiger partial charge < -0.3 is 35.8 Å². The Bertz CT molecular complexity index is 1330. The lowest BCUT2D eigenvalue weighted by Crippen LogP contribution is -3.00. The lowest BCUT2D eigenvalue weighted by molar-refractivity contribution is -0.686. The summed E-state index contributed by atoms with van der Waals surface area (Å²) in [5, 5.41) is 1.69. The number of ether oxygens (including phenoxy) is 4. The molecule has 0 saturated heterocycles. The van der Waals surface area contributed by atoms with Gasteiger partial charge in [-0.1, -0.05) is 0 Å². The fourth-order valence-corrected chi connectivity index (χ4v) is 4.14. The highest BCUT2D eigenvalue weighted by atomic mass is 35.5. The van der Waals surface area contributed by atoms with E-state index in [1.807, 2.05) is 24.4 Å². The number of aryl methyl sites for hydroxylation is 2. The maximum Gasteiger partial charge on any atom is 0.379 e. The topological polar surface area (TPSA) is 71.0 Å². The molecule has 3 heterocycles. The second-order valence-electron chi connectivity index (χ2n) is 7.43. The summed E-state index contributed by atoms with van der Waals surface area (Å²) in [6.07, 6.45) is 4.27. The van der Waals surface area contributed by atoms with Crippen LogP contribution in [0.15, 0.2) is 59.3 Å². The van der Waals surface area contributed by atoms with E-state index in [0.29, 0.717) is 17.2 Å². The van der Waals surface area contributed by atoms with Gasteiger partial charge in [0.2, 0.25) is 11.5 Å². The molecule has 8 heteroatoms. The van der Waals surface area contributed by atoms with Crippen molar-refractivity contribution < 1.29 is 45.1 Å². The molecular weight excluding hydrogens is 446 g/mol. The summed E-state index contributed by atoms with van der Waals surface area (Å²) in [7, 11) is 4.82. The summed E-state index contributed by atoms with van der Waals surface area (Å²) in [5.41, 5.74) is 3.33. The largest absolute Gasteiger partial charge is 1.00 e. The van der Waals surface area contributed by atoms with Gasteiger partial charge in [-0.05, 0) is 47.3 Å². The molecule has 2 aromatic heterocycles. The zero-order valence-corrected chi connectivity index (χ0v) is 19.1.